The SMILES string of the molecule is C[C@@H]1CN(C(=O)[C@@H]2CC(=O)N[C@@H](CCC(N)=O)C(=O)N3CCC[C@@H]3COc3ccccc3C(=O)N2)C[C@H](C)O1. The van der Waals surface area contributed by atoms with E-state index >= 15 is 0 Å². The molecule has 0 aliphatic carbocycles. The first-order chi connectivity index (χ1) is 18.6. The maximum Gasteiger partial charge on any atom is 0.255 e. The Morgan fingerprint density at radius 1 is 1.08 bits per heavy atom. The smallest absolute Gasteiger partial charge is 0.255 e. The quantitative estimate of drug-likeness (QED) is 0.480. The molecule has 3 heterocycles. The Hall–Kier alpha value is -3.67. The maximum absolute atomic E-state index is 13.6. The normalized spacial score (nSPS) is 28.4. The van der Waals surface area contributed by atoms with Gasteiger partial charge in [-0.25, -0.2) is 0 Å². The number of para-hydroxylation sites is 1. The Morgan fingerprint density at radius 2 is 1.79 bits per heavy atom. The predicted molar refractivity (Wildman–Crippen MR) is 139 cm³/mol. The number of carbonyl (C=O) groups is 5. The van der Waals surface area contributed by atoms with Crippen molar-refractivity contribution in [1.29, 1.82) is 0 Å². The lowest BCUT2D eigenvalue weighted by Gasteiger charge is -2.37. The first-order valence-electron chi connectivity index (χ1n) is 13.5. The Balaban J connectivity index is 1.65. The van der Waals surface area contributed by atoms with Crippen LogP contribution in [0.15, 0.2) is 24.3 Å². The second-order valence-electron chi connectivity index (χ2n) is 10.5. The molecule has 1 aromatic rings. The van der Waals surface area contributed by atoms with Gasteiger partial charge in [0.25, 0.3) is 5.91 Å². The molecule has 3 aliphatic rings. The molecule has 3 aliphatic heterocycles. The maximum atomic E-state index is 13.6. The molecule has 4 rings (SSSR count). The average Bonchev–Trinajstić information content (AvgIpc) is 3.36. The van der Waals surface area contributed by atoms with E-state index in [9.17, 15) is 24.0 Å². The third kappa shape index (κ3) is 7.05. The molecule has 12 nitrogen and oxygen atoms in total. The number of carbonyl (C=O) groups excluding carboxylic acids is 5. The Kier molecular flexibility index (Phi) is 9.05. The van der Waals surface area contributed by atoms with Crippen molar-refractivity contribution in [3.8, 4) is 5.75 Å². The van der Waals surface area contributed by atoms with Crippen LogP contribution in [0.2, 0.25) is 0 Å². The van der Waals surface area contributed by atoms with Crippen LogP contribution >= 0.6 is 0 Å². The van der Waals surface area contributed by atoms with Crippen molar-refractivity contribution in [2.45, 2.75) is 76.3 Å². The highest BCUT2D eigenvalue weighted by Gasteiger charge is 2.37. The third-order valence-electron chi connectivity index (χ3n) is 7.26. The second kappa shape index (κ2) is 12.5. The van der Waals surface area contributed by atoms with E-state index < -0.39 is 42.1 Å². The number of primary amides is 1. The highest BCUT2D eigenvalue weighted by Crippen LogP contribution is 2.24. The van der Waals surface area contributed by atoms with E-state index in [0.717, 1.165) is 6.42 Å². The van der Waals surface area contributed by atoms with Crippen LogP contribution in [0.5, 0.6) is 5.75 Å². The standard InChI is InChI=1S/C27H37N5O7/c1-16-13-31(14-17(2)39-16)26(36)21-12-24(34)29-20(9-10-23(28)33)27(37)32-11-5-6-18(32)15-38-22-8-4-3-7-19(22)25(35)30-21/h3-4,7-8,16-18,20-21H,5-6,9-15H2,1-2H3,(H2,28,33)(H,29,34)(H,30,35)/t16-,17+,18-,20+,21+/m1/s1. The summed E-state index contributed by atoms with van der Waals surface area (Å²) in [5, 5.41) is 5.43. The molecule has 12 heteroatoms. The molecular formula is C27H37N5O7. The van der Waals surface area contributed by atoms with Gasteiger partial charge in [-0.05, 0) is 45.2 Å². The highest BCUT2D eigenvalue weighted by atomic mass is 16.5. The van der Waals surface area contributed by atoms with Crippen LogP contribution in [0.1, 0.15) is 56.3 Å². The van der Waals surface area contributed by atoms with Crippen molar-refractivity contribution in [3.63, 3.8) is 0 Å². The summed E-state index contributed by atoms with van der Waals surface area (Å²) < 4.78 is 11.8. The lowest BCUT2D eigenvalue weighted by Crippen LogP contribution is -2.57. The molecule has 5 atom stereocenters. The summed E-state index contributed by atoms with van der Waals surface area (Å²) in [5.41, 5.74) is 5.56. The summed E-state index contributed by atoms with van der Waals surface area (Å²) in [6.45, 7) is 4.95. The van der Waals surface area contributed by atoms with E-state index in [1.807, 2.05) is 13.8 Å². The van der Waals surface area contributed by atoms with Gasteiger partial charge in [0.2, 0.25) is 23.6 Å². The number of fused-ring (bicyclic) bond motifs is 2. The minimum Gasteiger partial charge on any atom is -0.491 e. The predicted octanol–water partition coefficient (Wildman–Crippen LogP) is -0.0554. The summed E-state index contributed by atoms with van der Waals surface area (Å²) in [5.74, 6) is -2.17. The fourth-order valence-electron chi connectivity index (χ4n) is 5.46. The van der Waals surface area contributed by atoms with E-state index in [1.165, 1.54) is 0 Å². The number of hydrogen-bond acceptors (Lipinski definition) is 7. The molecule has 0 unspecified atom stereocenters. The van der Waals surface area contributed by atoms with Crippen LogP contribution in [0.3, 0.4) is 0 Å². The fraction of sp³-hybridized carbons (Fsp3) is 0.593. The molecule has 0 saturated carbocycles. The number of amides is 5. The zero-order valence-corrected chi connectivity index (χ0v) is 22.4. The van der Waals surface area contributed by atoms with Gasteiger partial charge in [-0.15, -0.1) is 0 Å². The molecule has 39 heavy (non-hydrogen) atoms. The molecule has 0 spiro atoms. The van der Waals surface area contributed by atoms with Gasteiger partial charge in [-0.3, -0.25) is 24.0 Å². The topological polar surface area (TPSA) is 160 Å². The zero-order valence-electron chi connectivity index (χ0n) is 22.4. The highest BCUT2D eigenvalue weighted by molar-refractivity contribution is 6.01. The minimum atomic E-state index is -1.20. The lowest BCUT2D eigenvalue weighted by molar-refractivity contribution is -0.146. The van der Waals surface area contributed by atoms with Gasteiger partial charge < -0.3 is 35.6 Å². The van der Waals surface area contributed by atoms with E-state index in [2.05, 4.69) is 10.6 Å². The van der Waals surface area contributed by atoms with Gasteiger partial charge in [0, 0.05) is 26.1 Å². The van der Waals surface area contributed by atoms with Crippen molar-refractivity contribution >= 4 is 29.5 Å². The summed E-state index contributed by atoms with van der Waals surface area (Å²) >= 11 is 0. The van der Waals surface area contributed by atoms with Gasteiger partial charge in [0.1, 0.15) is 24.4 Å². The van der Waals surface area contributed by atoms with Crippen LogP contribution in [0, 0.1) is 0 Å². The molecule has 0 bridgehead atoms. The Bertz CT molecular complexity index is 1100. The molecule has 0 radical (unpaired) electrons. The first-order valence-corrected chi connectivity index (χ1v) is 13.5. The monoisotopic (exact) mass is 543 g/mol. The van der Waals surface area contributed by atoms with Gasteiger partial charge >= 0.3 is 0 Å². The molecule has 5 amide bonds. The summed E-state index contributed by atoms with van der Waals surface area (Å²) in [6.07, 6.45) is 0.572. The first kappa shape index (κ1) is 28.3. The number of ether oxygens (including phenoxy) is 2. The number of hydrogen-bond donors (Lipinski definition) is 3. The van der Waals surface area contributed by atoms with Crippen molar-refractivity contribution in [1.82, 2.24) is 20.4 Å². The van der Waals surface area contributed by atoms with Gasteiger partial charge in [-0.2, -0.15) is 0 Å². The molecule has 4 N–H and O–H groups in total. The molecular weight excluding hydrogens is 506 g/mol. The van der Waals surface area contributed by atoms with Crippen molar-refractivity contribution < 1.29 is 33.4 Å². The van der Waals surface area contributed by atoms with Crippen molar-refractivity contribution in [3.05, 3.63) is 29.8 Å². The van der Waals surface area contributed by atoms with Crippen LogP contribution in [-0.4, -0.2) is 95.9 Å². The Morgan fingerprint density at radius 3 is 2.51 bits per heavy atom. The third-order valence-corrected chi connectivity index (χ3v) is 7.26. The summed E-state index contributed by atoms with van der Waals surface area (Å²) in [4.78, 5) is 68.5. The van der Waals surface area contributed by atoms with Crippen molar-refractivity contribution in [2.75, 3.05) is 26.2 Å². The van der Waals surface area contributed by atoms with E-state index in [4.69, 9.17) is 15.2 Å². The molecule has 2 saturated heterocycles. The van der Waals surface area contributed by atoms with Crippen LogP contribution < -0.4 is 21.1 Å². The summed E-state index contributed by atoms with van der Waals surface area (Å²) in [6, 6.07) is 4.21. The van der Waals surface area contributed by atoms with Gasteiger partial charge in [0.05, 0.1) is 30.2 Å². The zero-order chi connectivity index (χ0) is 28.1. The van der Waals surface area contributed by atoms with E-state index in [0.29, 0.717) is 31.8 Å². The average molecular weight is 544 g/mol. The van der Waals surface area contributed by atoms with Crippen LogP contribution in [0.25, 0.3) is 0 Å². The fourth-order valence-corrected chi connectivity index (χ4v) is 5.46. The number of nitrogens with zero attached hydrogens (tertiary/aromatic N) is 2. The van der Waals surface area contributed by atoms with E-state index in [1.54, 1.807) is 34.1 Å². The molecule has 1 aromatic carbocycles. The summed E-state index contributed by atoms with van der Waals surface area (Å²) in [7, 11) is 0. The van der Waals surface area contributed by atoms with Crippen molar-refractivity contribution in [2.24, 2.45) is 5.73 Å². The van der Waals surface area contributed by atoms with Gasteiger partial charge in [-0.1, -0.05) is 12.1 Å². The largest absolute Gasteiger partial charge is 0.491 e. The number of rotatable bonds is 4. The minimum absolute atomic E-state index is 0.0241. The molecule has 2 fully saturated rings. The lowest BCUT2D eigenvalue weighted by atomic mass is 10.1. The molecule has 0 aromatic heterocycles. The number of benzene rings is 1. The van der Waals surface area contributed by atoms with Crippen LogP contribution in [0.4, 0.5) is 0 Å². The van der Waals surface area contributed by atoms with E-state index in [-0.39, 0.29) is 49.2 Å². The number of nitrogens with two attached hydrogens (primary N) is 1. The van der Waals surface area contributed by atoms with Crippen LogP contribution in [-0.2, 0) is 23.9 Å². The number of nitrogens with one attached hydrogen (secondary N) is 2. The molecule has 212 valence electrons. The van der Waals surface area contributed by atoms with Gasteiger partial charge in [0.15, 0.2) is 0 Å². The number of morpholine rings is 1. The Labute approximate surface area is 227 Å². The second-order valence-corrected chi connectivity index (χ2v) is 10.5.